The van der Waals surface area contributed by atoms with Crippen LogP contribution in [0.3, 0.4) is 0 Å². The van der Waals surface area contributed by atoms with Crippen molar-refractivity contribution >= 4 is 22.6 Å². The fourth-order valence-corrected chi connectivity index (χ4v) is 3.58. The Labute approximate surface area is 184 Å². The quantitative estimate of drug-likeness (QED) is 0.439. The lowest BCUT2D eigenvalue weighted by atomic mass is 10.1. The van der Waals surface area contributed by atoms with Crippen molar-refractivity contribution in [2.45, 2.75) is 19.3 Å². The van der Waals surface area contributed by atoms with Crippen LogP contribution in [-0.2, 0) is 17.6 Å². The van der Waals surface area contributed by atoms with Gasteiger partial charge in [0.1, 0.15) is 23.3 Å². The van der Waals surface area contributed by atoms with Crippen molar-refractivity contribution in [2.75, 3.05) is 12.3 Å². The normalized spacial score (nSPS) is 10.8. The maximum atomic E-state index is 13.2. The Kier molecular flexibility index (Phi) is 6.08. The maximum absolute atomic E-state index is 13.2. The van der Waals surface area contributed by atoms with Gasteiger partial charge in [-0.25, -0.2) is 9.07 Å². The number of anilines is 1. The van der Waals surface area contributed by atoms with Crippen LogP contribution in [0.2, 0.25) is 0 Å². The van der Waals surface area contributed by atoms with Crippen molar-refractivity contribution in [1.29, 1.82) is 5.26 Å². The van der Waals surface area contributed by atoms with Crippen molar-refractivity contribution in [3.8, 4) is 11.8 Å². The Morgan fingerprint density at radius 3 is 2.72 bits per heavy atom. The summed E-state index contributed by atoms with van der Waals surface area (Å²) >= 11 is 0. The van der Waals surface area contributed by atoms with Gasteiger partial charge >= 0.3 is 0 Å². The Balaban J connectivity index is 1.36. The first-order valence-electron chi connectivity index (χ1n) is 10.2. The molecule has 4 aromatic rings. The van der Waals surface area contributed by atoms with Crippen molar-refractivity contribution in [3.63, 3.8) is 0 Å². The number of fused-ring (bicyclic) bond motifs is 1. The lowest BCUT2D eigenvalue weighted by Crippen LogP contribution is -2.26. The Morgan fingerprint density at radius 2 is 1.94 bits per heavy atom. The summed E-state index contributed by atoms with van der Waals surface area (Å²) in [5.74, 6) is -0.253. The van der Waals surface area contributed by atoms with Crippen LogP contribution in [0.25, 0.3) is 16.6 Å². The van der Waals surface area contributed by atoms with E-state index in [0.717, 1.165) is 16.5 Å². The first kappa shape index (κ1) is 21.0. The van der Waals surface area contributed by atoms with Crippen LogP contribution in [0, 0.1) is 17.1 Å². The van der Waals surface area contributed by atoms with Gasteiger partial charge in [-0.2, -0.15) is 10.4 Å². The van der Waals surface area contributed by atoms with Gasteiger partial charge in [-0.3, -0.25) is 9.78 Å². The van der Waals surface area contributed by atoms with Gasteiger partial charge in [0.2, 0.25) is 5.91 Å². The van der Waals surface area contributed by atoms with Gasteiger partial charge < -0.3 is 11.1 Å². The van der Waals surface area contributed by atoms with E-state index in [1.165, 1.54) is 16.8 Å². The minimum Gasteiger partial charge on any atom is -0.382 e. The average molecular weight is 428 g/mol. The number of halogens is 1. The molecule has 0 aliphatic heterocycles. The lowest BCUT2D eigenvalue weighted by molar-refractivity contribution is -0.120. The number of hydrogen-bond acceptors (Lipinski definition) is 5. The van der Waals surface area contributed by atoms with Crippen molar-refractivity contribution < 1.29 is 9.18 Å². The largest absolute Gasteiger partial charge is 0.382 e. The van der Waals surface area contributed by atoms with Crippen molar-refractivity contribution in [2.24, 2.45) is 0 Å². The number of pyridine rings is 1. The molecule has 3 N–H and O–H groups in total. The molecule has 0 saturated carbocycles. The topological polar surface area (TPSA) is 110 Å². The molecule has 0 unspecified atom stereocenters. The van der Waals surface area contributed by atoms with E-state index in [2.05, 4.69) is 21.5 Å². The number of carbonyl (C=O) groups is 1. The summed E-state index contributed by atoms with van der Waals surface area (Å²) in [4.78, 5) is 16.8. The van der Waals surface area contributed by atoms with E-state index < -0.39 is 0 Å². The highest BCUT2D eigenvalue weighted by Crippen LogP contribution is 2.22. The van der Waals surface area contributed by atoms with Gasteiger partial charge in [-0.15, -0.1) is 0 Å². The van der Waals surface area contributed by atoms with Crippen LogP contribution in [0.4, 0.5) is 10.2 Å². The zero-order valence-corrected chi connectivity index (χ0v) is 17.3. The number of para-hydroxylation sites is 1. The third-order valence-corrected chi connectivity index (χ3v) is 5.16. The molecule has 2 aromatic heterocycles. The van der Waals surface area contributed by atoms with Gasteiger partial charge in [-0.1, -0.05) is 24.3 Å². The highest BCUT2D eigenvalue weighted by Gasteiger charge is 2.16. The van der Waals surface area contributed by atoms with Gasteiger partial charge in [0.05, 0.1) is 23.3 Å². The molecule has 2 heterocycles. The Morgan fingerprint density at radius 1 is 1.16 bits per heavy atom. The van der Waals surface area contributed by atoms with E-state index in [-0.39, 0.29) is 24.0 Å². The molecule has 32 heavy (non-hydrogen) atoms. The molecule has 0 radical (unpaired) electrons. The molecule has 0 spiro atoms. The third-order valence-electron chi connectivity index (χ3n) is 5.16. The molecular formula is C24H21FN6O. The number of nitrogens with two attached hydrogens (primary N) is 1. The Bertz CT molecular complexity index is 1300. The van der Waals surface area contributed by atoms with Gasteiger partial charge in [0.15, 0.2) is 0 Å². The van der Waals surface area contributed by atoms with Crippen LogP contribution in [0.1, 0.15) is 23.2 Å². The number of rotatable bonds is 7. The van der Waals surface area contributed by atoms with Crippen LogP contribution in [-0.4, -0.2) is 27.2 Å². The molecule has 0 fully saturated rings. The summed E-state index contributed by atoms with van der Waals surface area (Å²) in [7, 11) is 0. The number of benzene rings is 2. The lowest BCUT2D eigenvalue weighted by Gasteiger charge is -2.07. The minimum absolute atomic E-state index is 0.0972. The number of amides is 1. The van der Waals surface area contributed by atoms with E-state index in [9.17, 15) is 14.4 Å². The fourth-order valence-electron chi connectivity index (χ4n) is 3.58. The summed E-state index contributed by atoms with van der Waals surface area (Å²) in [6.45, 7) is 0.436. The number of nitrogen functional groups attached to an aromatic ring is 1. The fraction of sp³-hybridized carbons (Fsp3) is 0.167. The highest BCUT2D eigenvalue weighted by atomic mass is 19.1. The molecule has 1 amide bonds. The van der Waals surface area contributed by atoms with Gasteiger partial charge in [0, 0.05) is 18.1 Å². The molecule has 0 saturated heterocycles. The SMILES string of the molecule is N#Cc1c(CCCNC(=O)Cc2cccc3cccnc23)nn(-c2ccc(F)cc2)c1N. The molecule has 0 aliphatic carbocycles. The summed E-state index contributed by atoms with van der Waals surface area (Å²) in [6, 6.07) is 17.4. The van der Waals surface area contributed by atoms with E-state index in [0.29, 0.717) is 36.3 Å². The van der Waals surface area contributed by atoms with E-state index in [4.69, 9.17) is 5.73 Å². The number of nitriles is 1. The highest BCUT2D eigenvalue weighted by molar-refractivity contribution is 5.87. The van der Waals surface area contributed by atoms with Crippen LogP contribution in [0.15, 0.2) is 60.8 Å². The zero-order valence-electron chi connectivity index (χ0n) is 17.3. The average Bonchev–Trinajstić information content (AvgIpc) is 3.12. The minimum atomic E-state index is -0.366. The summed E-state index contributed by atoms with van der Waals surface area (Å²) < 4.78 is 14.6. The smallest absolute Gasteiger partial charge is 0.224 e. The molecule has 4 rings (SSSR count). The second kappa shape index (κ2) is 9.27. The van der Waals surface area contributed by atoms with Crippen LogP contribution >= 0.6 is 0 Å². The molecule has 160 valence electrons. The van der Waals surface area contributed by atoms with Crippen molar-refractivity contribution in [1.82, 2.24) is 20.1 Å². The monoisotopic (exact) mass is 428 g/mol. The first-order chi connectivity index (χ1) is 15.6. The standard InChI is InChI=1S/C24H21FN6O/c25-18-8-10-19(11-9-18)31-24(27)20(15-26)21(30-31)7-3-12-28-22(32)14-17-5-1-4-16-6-2-13-29-23(16)17/h1-2,4-6,8-11,13H,3,7,12,14,27H2,(H,28,32). The second-order valence-electron chi connectivity index (χ2n) is 7.33. The number of aromatic nitrogens is 3. The number of nitrogens with zero attached hydrogens (tertiary/aromatic N) is 4. The number of aryl methyl sites for hydroxylation is 1. The molecule has 0 atom stereocenters. The maximum Gasteiger partial charge on any atom is 0.224 e. The zero-order chi connectivity index (χ0) is 22.5. The molecule has 0 aliphatic rings. The van der Waals surface area contributed by atoms with E-state index in [1.54, 1.807) is 18.3 Å². The van der Waals surface area contributed by atoms with E-state index in [1.807, 2.05) is 30.3 Å². The molecular weight excluding hydrogens is 407 g/mol. The van der Waals surface area contributed by atoms with Crippen LogP contribution < -0.4 is 11.1 Å². The van der Waals surface area contributed by atoms with Gasteiger partial charge in [-0.05, 0) is 48.7 Å². The summed E-state index contributed by atoms with van der Waals surface area (Å²) in [5.41, 5.74) is 9.19. The van der Waals surface area contributed by atoms with E-state index >= 15 is 0 Å². The molecule has 8 heteroatoms. The number of nitrogens with one attached hydrogen (secondary N) is 1. The van der Waals surface area contributed by atoms with Crippen LogP contribution in [0.5, 0.6) is 0 Å². The molecule has 7 nitrogen and oxygen atoms in total. The number of carbonyl (C=O) groups excluding carboxylic acids is 1. The number of hydrogen-bond donors (Lipinski definition) is 2. The second-order valence-corrected chi connectivity index (χ2v) is 7.33. The third kappa shape index (κ3) is 4.42. The Hall–Kier alpha value is -4.25. The summed E-state index contributed by atoms with van der Waals surface area (Å²) in [6.07, 6.45) is 3.02. The molecule has 0 bridgehead atoms. The molecule has 2 aromatic carbocycles. The first-order valence-corrected chi connectivity index (χ1v) is 10.2. The predicted molar refractivity (Wildman–Crippen MR) is 119 cm³/mol. The summed E-state index contributed by atoms with van der Waals surface area (Å²) in [5, 5.41) is 17.8. The van der Waals surface area contributed by atoms with Crippen molar-refractivity contribution in [3.05, 3.63) is 83.4 Å². The predicted octanol–water partition coefficient (Wildman–Crippen LogP) is 3.30. The van der Waals surface area contributed by atoms with Gasteiger partial charge in [0.25, 0.3) is 0 Å².